The number of hydrogen-bond acceptors (Lipinski definition) is 6. The van der Waals surface area contributed by atoms with Crippen molar-refractivity contribution >= 4 is 21.4 Å². The van der Waals surface area contributed by atoms with Gasteiger partial charge in [-0.1, -0.05) is 6.92 Å². The highest BCUT2D eigenvalue weighted by Gasteiger charge is 2.23. The quantitative estimate of drug-likeness (QED) is 0.511. The predicted octanol–water partition coefficient (Wildman–Crippen LogP) is 3.46. The number of piperazine rings is 1. The van der Waals surface area contributed by atoms with Crippen molar-refractivity contribution in [3.05, 3.63) is 48.5 Å². The van der Waals surface area contributed by atoms with E-state index in [1.54, 1.807) is 18.5 Å². The number of ether oxygens (including phenoxy) is 2. The fourth-order valence-electron chi connectivity index (χ4n) is 4.01. The molecule has 0 aromatic heterocycles. The molecule has 0 atom stereocenters. The second kappa shape index (κ2) is 11.4. The second-order valence-corrected chi connectivity index (χ2v) is 9.98. The summed E-state index contributed by atoms with van der Waals surface area (Å²) >= 11 is 0. The van der Waals surface area contributed by atoms with Crippen molar-refractivity contribution in [3.8, 4) is 11.5 Å². The molecule has 0 bridgehead atoms. The highest BCUT2D eigenvalue weighted by Crippen LogP contribution is 2.24. The Bertz CT molecular complexity index is 925. The maximum atomic E-state index is 12.9. The molecular weight excluding hydrogens is 426 g/mol. The number of nitrogens with zero attached hydrogens (tertiary/aromatic N) is 3. The smallest absolute Gasteiger partial charge is 0.235 e. The Kier molecular flexibility index (Phi) is 8.64. The van der Waals surface area contributed by atoms with Gasteiger partial charge in [0, 0.05) is 45.0 Å². The van der Waals surface area contributed by atoms with Crippen LogP contribution in [0.25, 0.3) is 0 Å². The van der Waals surface area contributed by atoms with E-state index < -0.39 is 10.0 Å². The summed E-state index contributed by atoms with van der Waals surface area (Å²) in [6.45, 7) is 7.11. The lowest BCUT2D eigenvalue weighted by Gasteiger charge is -2.36. The van der Waals surface area contributed by atoms with Crippen LogP contribution in [0.3, 0.4) is 0 Å². The summed E-state index contributed by atoms with van der Waals surface area (Å²) in [5.74, 6) is 1.74. The van der Waals surface area contributed by atoms with E-state index in [-0.39, 0.29) is 5.75 Å². The molecule has 1 aliphatic heterocycles. The van der Waals surface area contributed by atoms with Gasteiger partial charge in [-0.3, -0.25) is 9.21 Å². The van der Waals surface area contributed by atoms with Crippen molar-refractivity contribution in [2.45, 2.75) is 19.8 Å². The first-order valence-electron chi connectivity index (χ1n) is 11.2. The molecule has 0 amide bonds. The summed E-state index contributed by atoms with van der Waals surface area (Å²) in [7, 11) is -0.0593. The fourth-order valence-corrected chi connectivity index (χ4v) is 5.59. The SMILES string of the molecule is CCCS(=O)(=O)N(CCCN1CCN(c2ccc(OC)cc2)CC1)c1ccc(OC)cc1. The number of anilines is 2. The van der Waals surface area contributed by atoms with Crippen molar-refractivity contribution in [3.63, 3.8) is 0 Å². The highest BCUT2D eigenvalue weighted by atomic mass is 32.2. The van der Waals surface area contributed by atoms with Gasteiger partial charge in [-0.15, -0.1) is 0 Å². The Balaban J connectivity index is 1.54. The Morgan fingerprint density at radius 3 is 1.97 bits per heavy atom. The fraction of sp³-hybridized carbons (Fsp3) is 0.500. The van der Waals surface area contributed by atoms with Gasteiger partial charge in [0.05, 0.1) is 25.7 Å². The maximum Gasteiger partial charge on any atom is 0.235 e. The molecule has 1 saturated heterocycles. The summed E-state index contributed by atoms with van der Waals surface area (Å²) < 4.78 is 37.8. The van der Waals surface area contributed by atoms with Gasteiger partial charge < -0.3 is 14.4 Å². The zero-order chi connectivity index (χ0) is 23.0. The Labute approximate surface area is 192 Å². The van der Waals surface area contributed by atoms with E-state index in [9.17, 15) is 8.42 Å². The van der Waals surface area contributed by atoms with Crippen molar-refractivity contribution in [1.29, 1.82) is 0 Å². The van der Waals surface area contributed by atoms with Gasteiger partial charge in [0.15, 0.2) is 0 Å². The molecule has 0 aliphatic carbocycles. The van der Waals surface area contributed by atoms with Gasteiger partial charge in [-0.05, 0) is 61.4 Å². The predicted molar refractivity (Wildman–Crippen MR) is 131 cm³/mol. The van der Waals surface area contributed by atoms with E-state index in [4.69, 9.17) is 9.47 Å². The van der Waals surface area contributed by atoms with Gasteiger partial charge in [-0.25, -0.2) is 8.42 Å². The van der Waals surface area contributed by atoms with Gasteiger partial charge in [0.1, 0.15) is 11.5 Å². The molecule has 8 heteroatoms. The van der Waals surface area contributed by atoms with Gasteiger partial charge in [-0.2, -0.15) is 0 Å². The van der Waals surface area contributed by atoms with Crippen LogP contribution in [0.5, 0.6) is 11.5 Å². The topological polar surface area (TPSA) is 62.3 Å². The normalized spacial score (nSPS) is 14.9. The van der Waals surface area contributed by atoms with Crippen LogP contribution in [-0.4, -0.2) is 72.6 Å². The van der Waals surface area contributed by atoms with Crippen LogP contribution in [0, 0.1) is 0 Å². The lowest BCUT2D eigenvalue weighted by molar-refractivity contribution is 0.256. The van der Waals surface area contributed by atoms with Crippen LogP contribution in [-0.2, 0) is 10.0 Å². The molecule has 3 rings (SSSR count). The molecule has 1 aliphatic rings. The molecule has 1 fully saturated rings. The van der Waals surface area contributed by atoms with E-state index in [0.29, 0.717) is 18.7 Å². The maximum absolute atomic E-state index is 12.9. The summed E-state index contributed by atoms with van der Waals surface area (Å²) in [6.07, 6.45) is 1.39. The lowest BCUT2D eigenvalue weighted by Crippen LogP contribution is -2.47. The average molecular weight is 462 g/mol. The van der Waals surface area contributed by atoms with Crippen LogP contribution < -0.4 is 18.7 Å². The number of rotatable bonds is 11. The molecule has 32 heavy (non-hydrogen) atoms. The van der Waals surface area contributed by atoms with Crippen molar-refractivity contribution < 1.29 is 17.9 Å². The van der Waals surface area contributed by atoms with E-state index >= 15 is 0 Å². The van der Waals surface area contributed by atoms with Gasteiger partial charge >= 0.3 is 0 Å². The van der Waals surface area contributed by atoms with E-state index in [1.807, 2.05) is 43.3 Å². The van der Waals surface area contributed by atoms with Crippen LogP contribution in [0.1, 0.15) is 19.8 Å². The van der Waals surface area contributed by atoms with Gasteiger partial charge in [0.2, 0.25) is 10.0 Å². The average Bonchev–Trinajstić information content (AvgIpc) is 2.82. The second-order valence-electron chi connectivity index (χ2n) is 7.97. The first-order valence-corrected chi connectivity index (χ1v) is 12.8. The number of hydrogen-bond donors (Lipinski definition) is 0. The lowest BCUT2D eigenvalue weighted by atomic mass is 10.2. The molecule has 0 unspecified atom stereocenters. The monoisotopic (exact) mass is 461 g/mol. The van der Waals surface area contributed by atoms with Crippen LogP contribution in [0.4, 0.5) is 11.4 Å². The molecular formula is C24H35N3O4S. The molecule has 0 saturated carbocycles. The first kappa shape index (κ1) is 24.2. The molecule has 2 aromatic rings. The number of sulfonamides is 1. The minimum atomic E-state index is -3.34. The van der Waals surface area contributed by atoms with E-state index in [2.05, 4.69) is 21.9 Å². The molecule has 2 aromatic carbocycles. The number of benzene rings is 2. The first-order chi connectivity index (χ1) is 15.5. The molecule has 0 radical (unpaired) electrons. The summed E-state index contributed by atoms with van der Waals surface area (Å²) in [6, 6.07) is 15.4. The van der Waals surface area contributed by atoms with Gasteiger partial charge in [0.25, 0.3) is 0 Å². The summed E-state index contributed by atoms with van der Waals surface area (Å²) in [4.78, 5) is 4.80. The van der Waals surface area contributed by atoms with E-state index in [0.717, 1.165) is 50.6 Å². The minimum Gasteiger partial charge on any atom is -0.497 e. The molecule has 0 spiro atoms. The summed E-state index contributed by atoms with van der Waals surface area (Å²) in [5.41, 5.74) is 1.91. The Hall–Kier alpha value is -2.45. The van der Waals surface area contributed by atoms with Crippen LogP contribution in [0.2, 0.25) is 0 Å². The number of methoxy groups -OCH3 is 2. The van der Waals surface area contributed by atoms with E-state index in [1.165, 1.54) is 5.69 Å². The zero-order valence-electron chi connectivity index (χ0n) is 19.4. The van der Waals surface area contributed by atoms with Crippen molar-refractivity contribution in [2.75, 3.05) is 68.4 Å². The molecule has 176 valence electrons. The zero-order valence-corrected chi connectivity index (χ0v) is 20.2. The Morgan fingerprint density at radius 2 is 1.44 bits per heavy atom. The third-order valence-corrected chi connectivity index (χ3v) is 7.79. The van der Waals surface area contributed by atoms with Crippen molar-refractivity contribution in [1.82, 2.24) is 4.90 Å². The molecule has 0 N–H and O–H groups in total. The highest BCUT2D eigenvalue weighted by molar-refractivity contribution is 7.92. The largest absolute Gasteiger partial charge is 0.497 e. The Morgan fingerprint density at radius 1 is 0.875 bits per heavy atom. The third-order valence-electron chi connectivity index (χ3n) is 5.80. The molecule has 7 nitrogen and oxygen atoms in total. The minimum absolute atomic E-state index is 0.152. The molecule has 1 heterocycles. The summed E-state index contributed by atoms with van der Waals surface area (Å²) in [5, 5.41) is 0. The van der Waals surface area contributed by atoms with Crippen LogP contribution in [0.15, 0.2) is 48.5 Å². The van der Waals surface area contributed by atoms with Crippen molar-refractivity contribution in [2.24, 2.45) is 0 Å². The standard InChI is InChI=1S/C24H35N3O4S/c1-4-20-32(28,29)27(22-8-12-24(31-3)13-9-22)15-5-14-25-16-18-26(19-17-25)21-6-10-23(30-2)11-7-21/h6-13H,4-5,14-20H2,1-3H3. The van der Waals surface area contributed by atoms with Crippen LogP contribution >= 0.6 is 0 Å². The third kappa shape index (κ3) is 6.29.